The molecule has 0 aromatic rings. The highest BCUT2D eigenvalue weighted by molar-refractivity contribution is 5.11. The van der Waals surface area contributed by atoms with E-state index in [0.29, 0.717) is 28.6 Å². The molecular weight excluding hydrogens is 332 g/mol. The first-order valence-electron chi connectivity index (χ1n) is 12.2. The molecule has 0 bridgehead atoms. The average Bonchev–Trinajstić information content (AvgIpc) is 2.98. The maximum atomic E-state index is 11.3. The Morgan fingerprint density at radius 3 is 2.37 bits per heavy atom. The van der Waals surface area contributed by atoms with Gasteiger partial charge in [-0.05, 0) is 97.7 Å². The van der Waals surface area contributed by atoms with Gasteiger partial charge in [-0.3, -0.25) is 0 Å². The highest BCUT2D eigenvalue weighted by Crippen LogP contribution is 2.68. The van der Waals surface area contributed by atoms with Gasteiger partial charge in [-0.15, -0.1) is 0 Å². The van der Waals surface area contributed by atoms with E-state index < -0.39 is 0 Å². The zero-order chi connectivity index (χ0) is 19.4. The van der Waals surface area contributed by atoms with Gasteiger partial charge >= 0.3 is 0 Å². The maximum absolute atomic E-state index is 11.3. The predicted molar refractivity (Wildman–Crippen MR) is 111 cm³/mol. The normalized spacial score (nSPS) is 53.3. The predicted octanol–water partition coefficient (Wildman–Crippen LogP) is 5.80. The molecule has 0 radical (unpaired) electrons. The lowest BCUT2D eigenvalue weighted by atomic mass is 9.43. The van der Waals surface area contributed by atoms with Crippen LogP contribution in [0.15, 0.2) is 0 Å². The SMILES string of the molecule is CCCCC(C)C1CCC2C3C(O)CC4CC(O)CCC4(C)C3CCC12C. The third-order valence-corrected chi connectivity index (χ3v) is 10.4. The molecule has 4 fully saturated rings. The fraction of sp³-hybridized carbons (Fsp3) is 1.00. The molecule has 2 N–H and O–H groups in total. The summed E-state index contributed by atoms with van der Waals surface area (Å²) in [5.41, 5.74) is 0.809. The molecule has 10 unspecified atom stereocenters. The summed E-state index contributed by atoms with van der Waals surface area (Å²) in [6.45, 7) is 9.94. The van der Waals surface area contributed by atoms with Gasteiger partial charge in [-0.1, -0.05) is 47.0 Å². The second-order valence-electron chi connectivity index (χ2n) is 11.6. The molecule has 0 amide bonds. The van der Waals surface area contributed by atoms with Crippen molar-refractivity contribution in [3.8, 4) is 0 Å². The molecule has 4 rings (SSSR count). The van der Waals surface area contributed by atoms with E-state index in [2.05, 4.69) is 27.7 Å². The van der Waals surface area contributed by atoms with Crippen molar-refractivity contribution >= 4 is 0 Å². The highest BCUT2D eigenvalue weighted by atomic mass is 16.3. The van der Waals surface area contributed by atoms with Crippen LogP contribution < -0.4 is 0 Å². The van der Waals surface area contributed by atoms with Crippen molar-refractivity contribution in [1.29, 1.82) is 0 Å². The molecule has 2 nitrogen and oxygen atoms in total. The van der Waals surface area contributed by atoms with Crippen LogP contribution in [-0.4, -0.2) is 22.4 Å². The fourth-order valence-electron chi connectivity index (χ4n) is 8.90. The lowest BCUT2D eigenvalue weighted by molar-refractivity contribution is -0.174. The van der Waals surface area contributed by atoms with Crippen molar-refractivity contribution in [1.82, 2.24) is 0 Å². The largest absolute Gasteiger partial charge is 0.393 e. The Morgan fingerprint density at radius 2 is 1.63 bits per heavy atom. The summed E-state index contributed by atoms with van der Waals surface area (Å²) in [4.78, 5) is 0. The number of aliphatic hydroxyl groups excluding tert-OH is 2. The fourth-order valence-corrected chi connectivity index (χ4v) is 8.90. The first-order valence-corrected chi connectivity index (χ1v) is 12.2. The van der Waals surface area contributed by atoms with Gasteiger partial charge in [0.15, 0.2) is 0 Å². The van der Waals surface area contributed by atoms with E-state index in [0.717, 1.165) is 37.0 Å². The molecule has 4 saturated carbocycles. The zero-order valence-corrected chi connectivity index (χ0v) is 18.3. The van der Waals surface area contributed by atoms with Gasteiger partial charge in [0.25, 0.3) is 0 Å². The summed E-state index contributed by atoms with van der Waals surface area (Å²) in [6.07, 6.45) is 13.2. The highest BCUT2D eigenvalue weighted by Gasteiger charge is 2.62. The monoisotopic (exact) mass is 376 g/mol. The number of fused-ring (bicyclic) bond motifs is 5. The summed E-state index contributed by atoms with van der Waals surface area (Å²) < 4.78 is 0. The Bertz CT molecular complexity index is 532. The van der Waals surface area contributed by atoms with Crippen LogP contribution in [0.3, 0.4) is 0 Å². The van der Waals surface area contributed by atoms with E-state index in [9.17, 15) is 10.2 Å². The van der Waals surface area contributed by atoms with Gasteiger partial charge in [-0.25, -0.2) is 0 Å². The Morgan fingerprint density at radius 1 is 0.926 bits per heavy atom. The number of aliphatic hydroxyl groups is 2. The van der Waals surface area contributed by atoms with Crippen molar-refractivity contribution in [3.63, 3.8) is 0 Å². The first-order chi connectivity index (χ1) is 12.8. The number of hydrogen-bond acceptors (Lipinski definition) is 2. The van der Waals surface area contributed by atoms with Crippen LogP contribution in [0, 0.1) is 46.3 Å². The average molecular weight is 377 g/mol. The minimum absolute atomic E-state index is 0.129. The van der Waals surface area contributed by atoms with E-state index in [1.807, 2.05) is 0 Å². The summed E-state index contributed by atoms with van der Waals surface area (Å²) in [5.74, 6) is 4.16. The Kier molecular flexibility index (Phi) is 5.47. The molecule has 0 spiro atoms. The molecule has 156 valence electrons. The van der Waals surface area contributed by atoms with Gasteiger partial charge in [0.2, 0.25) is 0 Å². The Labute approximate surface area is 167 Å². The number of rotatable bonds is 4. The van der Waals surface area contributed by atoms with Crippen LogP contribution in [0.2, 0.25) is 0 Å². The molecule has 4 aliphatic rings. The molecule has 0 saturated heterocycles. The summed E-state index contributed by atoms with van der Waals surface area (Å²) in [5, 5.41) is 21.5. The second-order valence-corrected chi connectivity index (χ2v) is 11.6. The van der Waals surface area contributed by atoms with Crippen molar-refractivity contribution in [3.05, 3.63) is 0 Å². The van der Waals surface area contributed by atoms with Crippen LogP contribution in [-0.2, 0) is 0 Å². The van der Waals surface area contributed by atoms with Crippen molar-refractivity contribution in [2.24, 2.45) is 46.3 Å². The maximum Gasteiger partial charge on any atom is 0.0577 e. The van der Waals surface area contributed by atoms with Gasteiger partial charge < -0.3 is 10.2 Å². The standard InChI is InChI=1S/C25H44O2/c1-5-6-7-16(2)19-8-9-20-23-21(11-13-25(19,20)4)24(3)12-10-18(26)14-17(24)15-22(23)27/h16-23,26-27H,5-15H2,1-4H3. The van der Waals surface area contributed by atoms with Gasteiger partial charge in [0.05, 0.1) is 12.2 Å². The van der Waals surface area contributed by atoms with Gasteiger partial charge in [0, 0.05) is 0 Å². The van der Waals surface area contributed by atoms with Crippen molar-refractivity contribution in [2.75, 3.05) is 0 Å². The molecule has 10 atom stereocenters. The second kappa shape index (κ2) is 7.31. The van der Waals surface area contributed by atoms with Crippen LogP contribution in [0.4, 0.5) is 0 Å². The molecule has 4 aliphatic carbocycles. The molecule has 0 aliphatic heterocycles. The Balaban J connectivity index is 1.57. The van der Waals surface area contributed by atoms with Gasteiger partial charge in [-0.2, -0.15) is 0 Å². The van der Waals surface area contributed by atoms with E-state index >= 15 is 0 Å². The lowest BCUT2D eigenvalue weighted by Gasteiger charge is -2.62. The molecule has 0 aromatic carbocycles. The van der Waals surface area contributed by atoms with Crippen molar-refractivity contribution in [2.45, 2.75) is 111 Å². The van der Waals surface area contributed by atoms with E-state index in [1.165, 1.54) is 51.4 Å². The van der Waals surface area contributed by atoms with E-state index in [4.69, 9.17) is 0 Å². The summed E-state index contributed by atoms with van der Waals surface area (Å²) >= 11 is 0. The van der Waals surface area contributed by atoms with E-state index in [-0.39, 0.29) is 12.2 Å². The number of unbranched alkanes of at least 4 members (excludes halogenated alkanes) is 1. The molecule has 0 heterocycles. The topological polar surface area (TPSA) is 40.5 Å². The smallest absolute Gasteiger partial charge is 0.0577 e. The number of hydrogen-bond donors (Lipinski definition) is 2. The van der Waals surface area contributed by atoms with Crippen LogP contribution in [0.25, 0.3) is 0 Å². The van der Waals surface area contributed by atoms with Crippen LogP contribution >= 0.6 is 0 Å². The molecule has 2 heteroatoms. The van der Waals surface area contributed by atoms with E-state index in [1.54, 1.807) is 0 Å². The first kappa shape index (κ1) is 20.2. The van der Waals surface area contributed by atoms with Crippen LogP contribution in [0.1, 0.15) is 98.3 Å². The lowest BCUT2D eigenvalue weighted by Crippen LogP contribution is -2.58. The molecular formula is C25H44O2. The Hall–Kier alpha value is -0.0800. The minimum atomic E-state index is -0.132. The zero-order valence-electron chi connectivity index (χ0n) is 18.3. The van der Waals surface area contributed by atoms with Crippen molar-refractivity contribution < 1.29 is 10.2 Å². The summed E-state index contributed by atoms with van der Waals surface area (Å²) in [6, 6.07) is 0. The third-order valence-electron chi connectivity index (χ3n) is 10.4. The third kappa shape index (κ3) is 3.12. The van der Waals surface area contributed by atoms with Crippen LogP contribution in [0.5, 0.6) is 0 Å². The quantitative estimate of drug-likeness (QED) is 0.650. The molecule has 0 aromatic heterocycles. The minimum Gasteiger partial charge on any atom is -0.393 e. The van der Waals surface area contributed by atoms with Gasteiger partial charge in [0.1, 0.15) is 0 Å². The molecule has 27 heavy (non-hydrogen) atoms. The summed E-state index contributed by atoms with van der Waals surface area (Å²) in [7, 11) is 0.